The number of ether oxygens (including phenoxy) is 8. The third-order valence-electron chi connectivity index (χ3n) is 11.2. The van der Waals surface area contributed by atoms with E-state index in [0.29, 0.717) is 5.56 Å². The number of aliphatic hydroxyl groups is 10. The van der Waals surface area contributed by atoms with Crippen molar-refractivity contribution < 1.29 is 119 Å². The van der Waals surface area contributed by atoms with E-state index >= 15 is 0 Å². The maximum absolute atomic E-state index is 12.9. The summed E-state index contributed by atoms with van der Waals surface area (Å²) in [7, 11) is 1.33. The van der Waals surface area contributed by atoms with Gasteiger partial charge in [-0.3, -0.25) is 0 Å². The van der Waals surface area contributed by atoms with Crippen LogP contribution >= 0.6 is 0 Å². The smallest absolute Gasteiger partial charge is 0.402 e. The maximum Gasteiger partial charge on any atom is 0.402 e. The second-order valence-corrected chi connectivity index (χ2v) is 15.6. The summed E-state index contributed by atoms with van der Waals surface area (Å²) in [6.07, 6.45) is -25.3. The van der Waals surface area contributed by atoms with Gasteiger partial charge in [-0.2, -0.15) is 0 Å². The van der Waals surface area contributed by atoms with Crippen molar-refractivity contribution in [2.45, 2.75) is 92.1 Å². The standard InChI is InChI=1S/C43H48O24/c1-59-25-8-16(2-5-21(25)48)3-7-30(50)60-15-29-33(53)36(56)40(67-42-38(58)35(55)32(52)28(14-45)65-42)43(66-29)63-26-12-19-23(61-39(26)17-4-6-20(47)22(49)9-17)10-18(46)11-24(19)62-41-37(57)34(54)31(51)27(13-44)64-41/h2-12,27-29,31-38,40-45,51-58H,13-15H2,1H3,(H3-,46,47,48,49,50)/p+1/t27-,28-,29-,31-,32-,33-,34+,35+,36+,37-,38-,40-,41-,42+,43+/m1/s1. The number of benzene rings is 3. The van der Waals surface area contributed by atoms with E-state index in [0.717, 1.165) is 30.3 Å². The van der Waals surface area contributed by atoms with Crippen molar-refractivity contribution in [3.05, 3.63) is 66.2 Å². The van der Waals surface area contributed by atoms with Gasteiger partial charge in [0, 0.05) is 24.3 Å². The summed E-state index contributed by atoms with van der Waals surface area (Å²) in [5, 5.41) is 147. The van der Waals surface area contributed by atoms with Crippen LogP contribution in [0.3, 0.4) is 0 Å². The molecule has 1 aromatic heterocycles. The first-order chi connectivity index (χ1) is 31.9. The molecule has 0 spiro atoms. The fourth-order valence-corrected chi connectivity index (χ4v) is 7.43. The summed E-state index contributed by atoms with van der Waals surface area (Å²) < 4.78 is 51.7. The molecule has 24 nitrogen and oxygen atoms in total. The third-order valence-corrected chi connectivity index (χ3v) is 11.2. The molecule has 0 unspecified atom stereocenters. The van der Waals surface area contributed by atoms with Crippen molar-refractivity contribution in [1.82, 2.24) is 0 Å². The zero-order chi connectivity index (χ0) is 48.4. The van der Waals surface area contributed by atoms with Gasteiger partial charge in [0.2, 0.25) is 18.3 Å². The van der Waals surface area contributed by atoms with E-state index in [9.17, 15) is 76.3 Å². The molecule has 3 aliphatic rings. The molecule has 0 bridgehead atoms. The highest BCUT2D eigenvalue weighted by Crippen LogP contribution is 2.44. The molecule has 364 valence electrons. The van der Waals surface area contributed by atoms with E-state index in [1.807, 2.05) is 0 Å². The first-order valence-corrected chi connectivity index (χ1v) is 20.4. The van der Waals surface area contributed by atoms with Crippen molar-refractivity contribution in [1.29, 1.82) is 0 Å². The number of hydrogen-bond donors (Lipinski definition) is 14. The zero-order valence-electron chi connectivity index (χ0n) is 35.0. The molecule has 4 heterocycles. The van der Waals surface area contributed by atoms with Gasteiger partial charge in [0.15, 0.2) is 35.4 Å². The molecule has 0 saturated carbocycles. The van der Waals surface area contributed by atoms with Crippen LogP contribution in [-0.4, -0.2) is 197 Å². The quantitative estimate of drug-likeness (QED) is 0.0272. The number of rotatable bonds is 14. The van der Waals surface area contributed by atoms with Crippen LogP contribution in [-0.2, 0) is 28.5 Å². The molecule has 0 radical (unpaired) electrons. The minimum Gasteiger partial charge on any atom is -0.507 e. The van der Waals surface area contributed by atoms with Gasteiger partial charge in [-0.1, -0.05) is 6.07 Å². The van der Waals surface area contributed by atoms with Crippen molar-refractivity contribution in [2.75, 3.05) is 26.9 Å². The Morgan fingerprint density at radius 3 is 1.90 bits per heavy atom. The lowest BCUT2D eigenvalue weighted by Gasteiger charge is -2.45. The molecule has 3 aromatic carbocycles. The maximum atomic E-state index is 12.9. The summed E-state index contributed by atoms with van der Waals surface area (Å²) in [5.41, 5.74) is 0.221. The average Bonchev–Trinajstić information content (AvgIpc) is 3.31. The number of hydrogen-bond acceptors (Lipinski definition) is 23. The number of phenols is 4. The second kappa shape index (κ2) is 20.7. The number of carbonyl (C=O) groups is 1. The second-order valence-electron chi connectivity index (χ2n) is 15.6. The number of phenolic OH excluding ortho intramolecular Hbond substituents is 4. The normalized spacial score (nSPS) is 32.3. The van der Waals surface area contributed by atoms with Crippen LogP contribution in [0.1, 0.15) is 5.56 Å². The van der Waals surface area contributed by atoms with E-state index in [4.69, 9.17) is 42.3 Å². The van der Waals surface area contributed by atoms with Crippen LogP contribution in [0.2, 0.25) is 0 Å². The van der Waals surface area contributed by atoms with Crippen LogP contribution in [0.5, 0.6) is 40.2 Å². The van der Waals surface area contributed by atoms with E-state index in [1.165, 1.54) is 43.5 Å². The van der Waals surface area contributed by atoms with Crippen molar-refractivity contribution in [3.8, 4) is 51.6 Å². The Balaban J connectivity index is 1.27. The first kappa shape index (κ1) is 49.2. The van der Waals surface area contributed by atoms with Gasteiger partial charge in [-0.05, 0) is 35.9 Å². The number of aliphatic hydroxyl groups excluding tert-OH is 10. The largest absolute Gasteiger partial charge is 0.507 e. The molecular weight excluding hydrogens is 900 g/mol. The highest BCUT2D eigenvalue weighted by atomic mass is 16.8. The van der Waals surface area contributed by atoms with Crippen LogP contribution < -0.4 is 14.2 Å². The SMILES string of the molecule is COc1cc(C=CC(=O)OC[C@H]2O[C@H](Oc3cc4c(O[C@@H]5O[C@H](CO)[C@@H](O)[C@H](O)[C@H]5O)cc(O)cc4[o+]c3-c3ccc(O)c(O)c3)[C@H](O[C@@H]3O[C@H](CO)[C@@H](O)[C@H](O)[C@H]3O)[C@@H](O)[C@@H]2O)ccc1O. The van der Waals surface area contributed by atoms with Crippen molar-refractivity contribution in [3.63, 3.8) is 0 Å². The minimum absolute atomic E-state index is 0.0155. The average molecular weight is 950 g/mol. The van der Waals surface area contributed by atoms with Crippen LogP contribution in [0.25, 0.3) is 28.4 Å². The van der Waals surface area contributed by atoms with Gasteiger partial charge in [0.1, 0.15) is 90.6 Å². The Labute approximate surface area is 378 Å². The van der Waals surface area contributed by atoms with Gasteiger partial charge in [-0.25, -0.2) is 9.21 Å². The van der Waals surface area contributed by atoms with Gasteiger partial charge in [0.25, 0.3) is 0 Å². The van der Waals surface area contributed by atoms with Crippen molar-refractivity contribution >= 4 is 23.0 Å². The number of methoxy groups -OCH3 is 1. The van der Waals surface area contributed by atoms with E-state index in [-0.39, 0.29) is 39.5 Å². The molecule has 0 aliphatic carbocycles. The van der Waals surface area contributed by atoms with E-state index in [2.05, 4.69) is 0 Å². The van der Waals surface area contributed by atoms with Gasteiger partial charge in [-0.15, -0.1) is 0 Å². The Morgan fingerprint density at radius 1 is 0.627 bits per heavy atom. The summed E-state index contributed by atoms with van der Waals surface area (Å²) in [4.78, 5) is 12.9. The van der Waals surface area contributed by atoms with Crippen LogP contribution in [0.4, 0.5) is 0 Å². The number of aromatic hydroxyl groups is 4. The molecule has 0 amide bonds. The molecule has 15 atom stereocenters. The monoisotopic (exact) mass is 949 g/mol. The van der Waals surface area contributed by atoms with Crippen LogP contribution in [0.15, 0.2) is 65.1 Å². The zero-order valence-corrected chi connectivity index (χ0v) is 35.0. The third kappa shape index (κ3) is 10.4. The molecule has 4 aromatic rings. The molecular formula is C43H49O24+. The topological polar surface area (TPSA) is 385 Å². The van der Waals surface area contributed by atoms with E-state index in [1.54, 1.807) is 0 Å². The predicted octanol–water partition coefficient (Wildman–Crippen LogP) is -2.34. The first-order valence-electron chi connectivity index (χ1n) is 20.4. The summed E-state index contributed by atoms with van der Waals surface area (Å²) in [6, 6.07) is 11.0. The Bertz CT molecular complexity index is 2390. The summed E-state index contributed by atoms with van der Waals surface area (Å²) in [5.74, 6) is -3.70. The number of esters is 1. The Morgan fingerprint density at radius 2 is 1.24 bits per heavy atom. The summed E-state index contributed by atoms with van der Waals surface area (Å²) >= 11 is 0. The highest BCUT2D eigenvalue weighted by molar-refractivity contribution is 5.89. The molecule has 24 heteroatoms. The molecule has 3 fully saturated rings. The fraction of sp³-hybridized carbons (Fsp3) is 0.442. The molecule has 3 aliphatic heterocycles. The molecule has 14 N–H and O–H groups in total. The summed E-state index contributed by atoms with van der Waals surface area (Å²) in [6.45, 7) is -2.43. The van der Waals surface area contributed by atoms with Gasteiger partial charge < -0.3 is 109 Å². The number of fused-ring (bicyclic) bond motifs is 1. The Kier molecular flexibility index (Phi) is 15.2. The van der Waals surface area contributed by atoms with Gasteiger partial charge in [0.05, 0.1) is 32.0 Å². The van der Waals surface area contributed by atoms with Gasteiger partial charge >= 0.3 is 17.3 Å². The predicted molar refractivity (Wildman–Crippen MR) is 220 cm³/mol. The molecule has 7 rings (SSSR count). The lowest BCUT2D eigenvalue weighted by Crippen LogP contribution is -2.65. The van der Waals surface area contributed by atoms with Crippen LogP contribution in [0, 0.1) is 0 Å². The molecule has 3 saturated heterocycles. The minimum atomic E-state index is -2.09. The lowest BCUT2D eigenvalue weighted by atomic mass is 9.97. The number of carbonyl (C=O) groups excluding carboxylic acids is 1. The lowest BCUT2D eigenvalue weighted by molar-refractivity contribution is -0.357. The highest BCUT2D eigenvalue weighted by Gasteiger charge is 2.52. The molecule has 67 heavy (non-hydrogen) atoms. The Hall–Kier alpha value is -5.68. The van der Waals surface area contributed by atoms with E-state index < -0.39 is 141 Å². The van der Waals surface area contributed by atoms with Crippen molar-refractivity contribution in [2.24, 2.45) is 0 Å². The fourth-order valence-electron chi connectivity index (χ4n) is 7.43.